The third-order valence-electron chi connectivity index (χ3n) is 3.70. The summed E-state index contributed by atoms with van der Waals surface area (Å²) in [5.41, 5.74) is 2.20. The Morgan fingerprint density at radius 1 is 1.19 bits per heavy atom. The molecular formula is C18H22F3N3OS. The van der Waals surface area contributed by atoms with Gasteiger partial charge >= 0.3 is 6.18 Å². The SMILES string of the molecule is CN=C(NCc1ccc(OCC(F)(F)F)cc1)NCC(C)c1ccsc1. The Kier molecular flexibility index (Phi) is 7.32. The van der Waals surface area contributed by atoms with Crippen molar-refractivity contribution < 1.29 is 17.9 Å². The number of alkyl halides is 3. The zero-order valence-electron chi connectivity index (χ0n) is 14.6. The Morgan fingerprint density at radius 3 is 2.50 bits per heavy atom. The van der Waals surface area contributed by atoms with Crippen molar-refractivity contribution in [3.63, 3.8) is 0 Å². The fourth-order valence-electron chi connectivity index (χ4n) is 2.20. The maximum atomic E-state index is 12.1. The van der Waals surface area contributed by atoms with Crippen molar-refractivity contribution in [2.45, 2.75) is 25.6 Å². The second-order valence-corrected chi connectivity index (χ2v) is 6.59. The third kappa shape index (κ3) is 6.95. The average molecular weight is 385 g/mol. The van der Waals surface area contributed by atoms with Gasteiger partial charge in [-0.3, -0.25) is 4.99 Å². The van der Waals surface area contributed by atoms with E-state index in [-0.39, 0.29) is 5.75 Å². The molecule has 1 unspecified atom stereocenters. The van der Waals surface area contributed by atoms with Gasteiger partial charge in [0, 0.05) is 20.1 Å². The molecule has 0 bridgehead atoms. The van der Waals surface area contributed by atoms with Crippen LogP contribution in [0.4, 0.5) is 13.2 Å². The monoisotopic (exact) mass is 385 g/mol. The molecule has 0 aliphatic rings. The molecule has 0 saturated carbocycles. The second-order valence-electron chi connectivity index (χ2n) is 5.81. The zero-order chi connectivity index (χ0) is 19.0. The molecule has 1 aromatic heterocycles. The first kappa shape index (κ1) is 20.1. The second kappa shape index (κ2) is 9.47. The van der Waals surface area contributed by atoms with Gasteiger partial charge in [-0.2, -0.15) is 24.5 Å². The van der Waals surface area contributed by atoms with E-state index >= 15 is 0 Å². The molecule has 4 nitrogen and oxygen atoms in total. The molecule has 1 aromatic carbocycles. The molecule has 2 aromatic rings. The molecule has 8 heteroatoms. The first-order valence-corrected chi connectivity index (χ1v) is 9.07. The van der Waals surface area contributed by atoms with E-state index in [1.54, 1.807) is 30.5 Å². The number of aliphatic imine (C=N–C) groups is 1. The Labute approximate surface area is 155 Å². The number of hydrogen-bond acceptors (Lipinski definition) is 3. The van der Waals surface area contributed by atoms with Crippen LogP contribution in [-0.2, 0) is 6.54 Å². The van der Waals surface area contributed by atoms with E-state index in [9.17, 15) is 13.2 Å². The Balaban J connectivity index is 1.77. The lowest BCUT2D eigenvalue weighted by Crippen LogP contribution is -2.38. The van der Waals surface area contributed by atoms with Crippen LogP contribution in [0.5, 0.6) is 5.75 Å². The quantitative estimate of drug-likeness (QED) is 0.556. The van der Waals surface area contributed by atoms with Crippen LogP contribution in [0.25, 0.3) is 0 Å². The number of halogens is 3. The first-order valence-electron chi connectivity index (χ1n) is 8.12. The summed E-state index contributed by atoms with van der Waals surface area (Å²) in [6.45, 7) is 2.11. The Morgan fingerprint density at radius 2 is 1.92 bits per heavy atom. The number of benzene rings is 1. The minimum atomic E-state index is -4.33. The number of thiophene rings is 1. The smallest absolute Gasteiger partial charge is 0.422 e. The number of ether oxygens (including phenoxy) is 1. The third-order valence-corrected chi connectivity index (χ3v) is 4.40. The molecule has 0 aliphatic heterocycles. The highest BCUT2D eigenvalue weighted by molar-refractivity contribution is 7.07. The van der Waals surface area contributed by atoms with Gasteiger partial charge in [0.1, 0.15) is 5.75 Å². The number of nitrogens with one attached hydrogen (secondary N) is 2. The summed E-state index contributed by atoms with van der Waals surface area (Å²) in [5, 5.41) is 10.6. The lowest BCUT2D eigenvalue weighted by atomic mass is 10.1. The van der Waals surface area contributed by atoms with Crippen LogP contribution >= 0.6 is 11.3 Å². The Bertz CT molecular complexity index is 685. The molecule has 142 valence electrons. The minimum absolute atomic E-state index is 0.193. The normalized spacial score (nSPS) is 13.3. The van der Waals surface area contributed by atoms with Crippen LogP contribution in [-0.4, -0.2) is 32.3 Å². The van der Waals surface area contributed by atoms with E-state index in [1.165, 1.54) is 17.7 Å². The molecule has 1 atom stereocenters. The van der Waals surface area contributed by atoms with E-state index in [0.29, 0.717) is 18.4 Å². The lowest BCUT2D eigenvalue weighted by Gasteiger charge is -2.15. The van der Waals surface area contributed by atoms with Crippen LogP contribution in [0.1, 0.15) is 24.0 Å². The van der Waals surface area contributed by atoms with E-state index in [1.807, 2.05) is 0 Å². The molecule has 2 N–H and O–H groups in total. The van der Waals surface area contributed by atoms with E-state index in [2.05, 4.69) is 39.4 Å². The molecule has 0 radical (unpaired) electrons. The van der Waals surface area contributed by atoms with E-state index in [4.69, 9.17) is 4.74 Å². The van der Waals surface area contributed by atoms with Gasteiger partial charge < -0.3 is 15.4 Å². The topological polar surface area (TPSA) is 45.7 Å². The molecule has 0 fully saturated rings. The standard InChI is InChI=1S/C18H22F3N3OS/c1-13(15-7-8-26-11-15)9-23-17(22-2)24-10-14-3-5-16(6-4-14)25-12-18(19,20)21/h3-8,11,13H,9-10,12H2,1-2H3,(H2,22,23,24). The van der Waals surface area contributed by atoms with Crippen LogP contribution < -0.4 is 15.4 Å². The predicted octanol–water partition coefficient (Wildman–Crippen LogP) is 4.16. The maximum Gasteiger partial charge on any atom is 0.422 e. The van der Waals surface area contributed by atoms with Gasteiger partial charge in [-0.25, -0.2) is 0 Å². The summed E-state index contributed by atoms with van der Waals surface area (Å²) in [6, 6.07) is 8.60. The van der Waals surface area contributed by atoms with Gasteiger partial charge in [-0.1, -0.05) is 19.1 Å². The summed E-state index contributed by atoms with van der Waals surface area (Å²) in [6.07, 6.45) is -4.33. The number of hydrogen-bond donors (Lipinski definition) is 2. The van der Waals surface area contributed by atoms with Gasteiger partial charge in [-0.05, 0) is 46.0 Å². The fourth-order valence-corrected chi connectivity index (χ4v) is 2.98. The number of nitrogens with zero attached hydrogens (tertiary/aromatic N) is 1. The van der Waals surface area contributed by atoms with Gasteiger partial charge in [-0.15, -0.1) is 0 Å². The summed E-state index contributed by atoms with van der Waals surface area (Å²) in [4.78, 5) is 4.18. The van der Waals surface area contributed by atoms with Gasteiger partial charge in [0.25, 0.3) is 0 Å². The van der Waals surface area contributed by atoms with Crippen molar-refractivity contribution in [2.24, 2.45) is 4.99 Å². The minimum Gasteiger partial charge on any atom is -0.484 e. The largest absolute Gasteiger partial charge is 0.484 e. The van der Waals surface area contributed by atoms with Crippen LogP contribution in [0, 0.1) is 0 Å². The molecule has 0 amide bonds. The number of guanidine groups is 1. The van der Waals surface area contributed by atoms with E-state index in [0.717, 1.165) is 12.1 Å². The highest BCUT2D eigenvalue weighted by Gasteiger charge is 2.28. The average Bonchev–Trinajstić information content (AvgIpc) is 3.15. The lowest BCUT2D eigenvalue weighted by molar-refractivity contribution is -0.153. The van der Waals surface area contributed by atoms with Crippen molar-refractivity contribution in [1.82, 2.24) is 10.6 Å². The van der Waals surface area contributed by atoms with Crippen molar-refractivity contribution in [2.75, 3.05) is 20.2 Å². The van der Waals surface area contributed by atoms with Gasteiger partial charge in [0.2, 0.25) is 0 Å². The van der Waals surface area contributed by atoms with Crippen molar-refractivity contribution in [3.05, 3.63) is 52.2 Å². The summed E-state index contributed by atoms with van der Waals surface area (Å²) < 4.78 is 41.1. The van der Waals surface area contributed by atoms with E-state index < -0.39 is 12.8 Å². The molecular weight excluding hydrogens is 363 g/mol. The molecule has 0 aliphatic carbocycles. The molecule has 0 spiro atoms. The van der Waals surface area contributed by atoms with Crippen LogP contribution in [0.15, 0.2) is 46.1 Å². The molecule has 1 heterocycles. The van der Waals surface area contributed by atoms with Gasteiger partial charge in [0.05, 0.1) is 0 Å². The molecule has 26 heavy (non-hydrogen) atoms. The maximum absolute atomic E-state index is 12.1. The predicted molar refractivity (Wildman–Crippen MR) is 98.9 cm³/mol. The first-order chi connectivity index (χ1) is 12.4. The van der Waals surface area contributed by atoms with Gasteiger partial charge in [0.15, 0.2) is 12.6 Å². The van der Waals surface area contributed by atoms with Crippen LogP contribution in [0.2, 0.25) is 0 Å². The highest BCUT2D eigenvalue weighted by atomic mass is 32.1. The number of rotatable bonds is 7. The molecule has 2 rings (SSSR count). The highest BCUT2D eigenvalue weighted by Crippen LogP contribution is 2.19. The zero-order valence-corrected chi connectivity index (χ0v) is 15.5. The van der Waals surface area contributed by atoms with Crippen LogP contribution in [0.3, 0.4) is 0 Å². The van der Waals surface area contributed by atoms with Crippen molar-refractivity contribution in [1.29, 1.82) is 0 Å². The molecule has 0 saturated heterocycles. The summed E-state index contributed by atoms with van der Waals surface area (Å²) >= 11 is 1.68. The fraction of sp³-hybridized carbons (Fsp3) is 0.389. The summed E-state index contributed by atoms with van der Waals surface area (Å²) in [5.74, 6) is 1.23. The van der Waals surface area contributed by atoms with Crippen molar-refractivity contribution >= 4 is 17.3 Å². The van der Waals surface area contributed by atoms with Crippen molar-refractivity contribution in [3.8, 4) is 5.75 Å². The Hall–Kier alpha value is -2.22. The summed E-state index contributed by atoms with van der Waals surface area (Å²) in [7, 11) is 1.69.